The highest BCUT2D eigenvalue weighted by Crippen LogP contribution is 2.35. The van der Waals surface area contributed by atoms with Gasteiger partial charge in [0.15, 0.2) is 0 Å². The van der Waals surface area contributed by atoms with Gasteiger partial charge < -0.3 is 9.15 Å². The fourth-order valence-electron chi connectivity index (χ4n) is 2.53. The number of amides is 2. The van der Waals surface area contributed by atoms with E-state index in [2.05, 4.69) is 0 Å². The van der Waals surface area contributed by atoms with E-state index in [0.29, 0.717) is 27.1 Å². The first-order valence-electron chi connectivity index (χ1n) is 8.85. The SMILES string of the molecule is CCCCOC(=O)CN1C(=O)S/C(=C/c2ccc(-c3cc(Cl)ccc3Cl)o2)C1=O. The molecule has 3 rings (SSSR count). The van der Waals surface area contributed by atoms with E-state index < -0.39 is 23.7 Å². The number of hydrogen-bond donors (Lipinski definition) is 0. The van der Waals surface area contributed by atoms with Crippen LogP contribution in [0.25, 0.3) is 17.4 Å². The number of esters is 1. The molecule has 1 saturated heterocycles. The van der Waals surface area contributed by atoms with Crippen LogP contribution in [0, 0.1) is 0 Å². The Bertz CT molecular complexity index is 985. The summed E-state index contributed by atoms with van der Waals surface area (Å²) in [6, 6.07) is 8.34. The first-order chi connectivity index (χ1) is 13.9. The van der Waals surface area contributed by atoms with Gasteiger partial charge in [0, 0.05) is 16.7 Å². The van der Waals surface area contributed by atoms with Gasteiger partial charge in [-0.3, -0.25) is 19.3 Å². The van der Waals surface area contributed by atoms with Crippen LogP contribution >= 0.6 is 35.0 Å². The summed E-state index contributed by atoms with van der Waals surface area (Å²) in [5.74, 6) is -0.335. The zero-order valence-corrected chi connectivity index (χ0v) is 17.8. The van der Waals surface area contributed by atoms with Crippen LogP contribution in [0.15, 0.2) is 39.7 Å². The van der Waals surface area contributed by atoms with Crippen molar-refractivity contribution in [3.05, 3.63) is 51.0 Å². The quantitative estimate of drug-likeness (QED) is 0.307. The third-order valence-electron chi connectivity index (χ3n) is 4.02. The average molecular weight is 454 g/mol. The molecule has 1 fully saturated rings. The van der Waals surface area contributed by atoms with E-state index in [1.807, 2.05) is 6.92 Å². The first-order valence-corrected chi connectivity index (χ1v) is 10.4. The van der Waals surface area contributed by atoms with E-state index in [4.69, 9.17) is 32.4 Å². The molecule has 0 aliphatic carbocycles. The van der Waals surface area contributed by atoms with Crippen molar-refractivity contribution in [1.29, 1.82) is 0 Å². The van der Waals surface area contributed by atoms with Gasteiger partial charge in [-0.2, -0.15) is 0 Å². The van der Waals surface area contributed by atoms with E-state index in [9.17, 15) is 14.4 Å². The van der Waals surface area contributed by atoms with Crippen LogP contribution in [0.5, 0.6) is 0 Å². The minimum atomic E-state index is -0.613. The highest BCUT2D eigenvalue weighted by atomic mass is 35.5. The van der Waals surface area contributed by atoms with Crippen LogP contribution < -0.4 is 0 Å². The van der Waals surface area contributed by atoms with Gasteiger partial charge in [0.1, 0.15) is 18.1 Å². The molecule has 0 N–H and O–H groups in total. The highest BCUT2D eigenvalue weighted by Gasteiger charge is 2.36. The zero-order chi connectivity index (χ0) is 21.0. The molecule has 2 amide bonds. The Kier molecular flexibility index (Phi) is 7.05. The van der Waals surface area contributed by atoms with Crippen molar-refractivity contribution >= 4 is 58.2 Å². The number of hydrogen-bond acceptors (Lipinski definition) is 6. The standard InChI is InChI=1S/C20H17Cl2NO5S/c1-2-3-8-27-18(24)11-23-19(25)17(29-20(23)26)10-13-5-7-16(28-13)14-9-12(21)4-6-15(14)22/h4-7,9-10H,2-3,8,11H2,1H3/b17-10+. The zero-order valence-electron chi connectivity index (χ0n) is 15.4. The number of halogens is 2. The maximum atomic E-state index is 12.5. The third-order valence-corrected chi connectivity index (χ3v) is 5.49. The minimum Gasteiger partial charge on any atom is -0.464 e. The summed E-state index contributed by atoms with van der Waals surface area (Å²) >= 11 is 12.9. The molecule has 1 aromatic carbocycles. The lowest BCUT2D eigenvalue weighted by molar-refractivity contribution is -0.146. The monoisotopic (exact) mass is 453 g/mol. The predicted octanol–water partition coefficient (Wildman–Crippen LogP) is 5.63. The summed E-state index contributed by atoms with van der Waals surface area (Å²) in [6.45, 7) is 1.82. The lowest BCUT2D eigenvalue weighted by atomic mass is 10.2. The van der Waals surface area contributed by atoms with Gasteiger partial charge in [-0.25, -0.2) is 0 Å². The molecule has 9 heteroatoms. The van der Waals surface area contributed by atoms with Gasteiger partial charge in [0.2, 0.25) is 0 Å². The Morgan fingerprint density at radius 2 is 2.03 bits per heavy atom. The lowest BCUT2D eigenvalue weighted by Gasteiger charge is -2.11. The van der Waals surface area contributed by atoms with E-state index in [-0.39, 0.29) is 11.5 Å². The van der Waals surface area contributed by atoms with E-state index in [1.54, 1.807) is 30.3 Å². The third kappa shape index (κ3) is 5.23. The molecule has 2 aromatic rings. The predicted molar refractivity (Wildman–Crippen MR) is 113 cm³/mol. The molecule has 0 saturated carbocycles. The Morgan fingerprint density at radius 1 is 1.24 bits per heavy atom. The molecular formula is C20H17Cl2NO5S. The van der Waals surface area contributed by atoms with E-state index in [0.717, 1.165) is 29.5 Å². The molecule has 6 nitrogen and oxygen atoms in total. The molecule has 0 atom stereocenters. The molecule has 0 radical (unpaired) electrons. The first kappa shape index (κ1) is 21.5. The molecule has 29 heavy (non-hydrogen) atoms. The normalized spacial score (nSPS) is 15.4. The second-order valence-corrected chi connectivity index (χ2v) is 8.00. The van der Waals surface area contributed by atoms with Gasteiger partial charge in [-0.15, -0.1) is 0 Å². The lowest BCUT2D eigenvalue weighted by Crippen LogP contribution is -2.34. The maximum absolute atomic E-state index is 12.5. The number of carbonyl (C=O) groups excluding carboxylic acids is 3. The van der Waals surface area contributed by atoms with Gasteiger partial charge >= 0.3 is 5.97 Å². The number of ether oxygens (including phenoxy) is 1. The van der Waals surface area contributed by atoms with Crippen molar-refractivity contribution in [2.75, 3.05) is 13.2 Å². The van der Waals surface area contributed by atoms with Crippen LogP contribution in [0.1, 0.15) is 25.5 Å². The number of thioether (sulfide) groups is 1. The molecular weight excluding hydrogens is 437 g/mol. The summed E-state index contributed by atoms with van der Waals surface area (Å²) in [6.07, 6.45) is 3.06. The Labute approximate surface area is 181 Å². The van der Waals surface area contributed by atoms with Crippen LogP contribution in [-0.4, -0.2) is 35.2 Å². The van der Waals surface area contributed by atoms with Gasteiger partial charge in [-0.1, -0.05) is 36.5 Å². The van der Waals surface area contributed by atoms with Crippen molar-refractivity contribution in [1.82, 2.24) is 4.90 Å². The van der Waals surface area contributed by atoms with Crippen LogP contribution in [0.4, 0.5) is 4.79 Å². The van der Waals surface area contributed by atoms with Crippen molar-refractivity contribution < 1.29 is 23.5 Å². The van der Waals surface area contributed by atoms with Crippen molar-refractivity contribution in [2.24, 2.45) is 0 Å². The molecule has 2 heterocycles. The highest BCUT2D eigenvalue weighted by molar-refractivity contribution is 8.18. The molecule has 0 spiro atoms. The molecule has 1 aromatic heterocycles. The largest absolute Gasteiger partial charge is 0.464 e. The fraction of sp³-hybridized carbons (Fsp3) is 0.250. The second-order valence-electron chi connectivity index (χ2n) is 6.17. The van der Waals surface area contributed by atoms with Crippen LogP contribution in [0.3, 0.4) is 0 Å². The number of rotatable bonds is 7. The molecule has 1 aliphatic rings. The van der Waals surface area contributed by atoms with Crippen molar-refractivity contribution in [3.63, 3.8) is 0 Å². The van der Waals surface area contributed by atoms with E-state index in [1.165, 1.54) is 6.08 Å². The van der Waals surface area contributed by atoms with Crippen molar-refractivity contribution in [2.45, 2.75) is 19.8 Å². The van der Waals surface area contributed by atoms with Gasteiger partial charge in [-0.05, 0) is 48.5 Å². The Balaban J connectivity index is 1.72. The fourth-order valence-corrected chi connectivity index (χ4v) is 3.73. The van der Waals surface area contributed by atoms with Gasteiger partial charge in [0.25, 0.3) is 11.1 Å². The molecule has 0 bridgehead atoms. The summed E-state index contributed by atoms with van der Waals surface area (Å²) in [5.41, 5.74) is 0.613. The summed E-state index contributed by atoms with van der Waals surface area (Å²) < 4.78 is 10.7. The Hall–Kier alpha value is -2.22. The van der Waals surface area contributed by atoms with E-state index >= 15 is 0 Å². The molecule has 1 aliphatic heterocycles. The number of nitrogens with zero attached hydrogens (tertiary/aromatic N) is 1. The molecule has 0 unspecified atom stereocenters. The number of benzene rings is 1. The second kappa shape index (κ2) is 9.52. The number of unbranched alkanes of at least 4 members (excludes halogenated alkanes) is 1. The topological polar surface area (TPSA) is 76.8 Å². The summed E-state index contributed by atoms with van der Waals surface area (Å²) in [4.78, 5) is 37.4. The Morgan fingerprint density at radius 3 is 2.79 bits per heavy atom. The average Bonchev–Trinajstić information content (AvgIpc) is 3.24. The maximum Gasteiger partial charge on any atom is 0.326 e. The van der Waals surface area contributed by atoms with Crippen LogP contribution in [0.2, 0.25) is 10.0 Å². The molecule has 152 valence electrons. The minimum absolute atomic E-state index is 0.162. The number of furan rings is 1. The smallest absolute Gasteiger partial charge is 0.326 e. The van der Waals surface area contributed by atoms with Gasteiger partial charge in [0.05, 0.1) is 16.5 Å². The van der Waals surface area contributed by atoms with Crippen LogP contribution in [-0.2, 0) is 14.3 Å². The summed E-state index contributed by atoms with van der Waals surface area (Å²) in [5, 5.41) is 0.449. The van der Waals surface area contributed by atoms with Crippen molar-refractivity contribution in [3.8, 4) is 11.3 Å². The number of imide groups is 1. The summed E-state index contributed by atoms with van der Waals surface area (Å²) in [7, 11) is 0. The number of carbonyl (C=O) groups is 3.